The minimum Gasteiger partial charge on any atom is -0.480 e. The maximum Gasteiger partial charge on any atom is 0.364 e. The molecular formula is C15H13NO5. The van der Waals surface area contributed by atoms with Gasteiger partial charge in [0.05, 0.1) is 19.8 Å². The first kappa shape index (κ1) is 14.5. The van der Waals surface area contributed by atoms with Crippen LogP contribution in [0.5, 0.6) is 11.7 Å². The van der Waals surface area contributed by atoms with Crippen LogP contribution in [0.2, 0.25) is 0 Å². The van der Waals surface area contributed by atoms with Crippen LogP contribution in [0.4, 0.5) is 0 Å². The van der Waals surface area contributed by atoms with Gasteiger partial charge in [-0.05, 0) is 12.1 Å². The number of hydrogen-bond donors (Lipinski definition) is 0. The lowest BCUT2D eigenvalue weighted by Gasteiger charge is -2.05. The highest BCUT2D eigenvalue weighted by Gasteiger charge is 2.23. The van der Waals surface area contributed by atoms with Crippen molar-refractivity contribution in [2.75, 3.05) is 20.8 Å². The Morgan fingerprint density at radius 2 is 2.14 bits per heavy atom. The topological polar surface area (TPSA) is 70.8 Å². The summed E-state index contributed by atoms with van der Waals surface area (Å²) >= 11 is 0. The lowest BCUT2D eigenvalue weighted by molar-refractivity contribution is 0.0588. The van der Waals surface area contributed by atoms with Crippen molar-refractivity contribution in [3.8, 4) is 35.5 Å². The van der Waals surface area contributed by atoms with Crippen molar-refractivity contribution in [3.63, 3.8) is 0 Å². The summed E-state index contributed by atoms with van der Waals surface area (Å²) in [5, 5.41) is 0. The van der Waals surface area contributed by atoms with E-state index in [1.807, 2.05) is 0 Å². The molecule has 0 saturated heterocycles. The summed E-state index contributed by atoms with van der Waals surface area (Å²) in [6.07, 6.45) is 5.18. The summed E-state index contributed by atoms with van der Waals surface area (Å²) in [6, 6.07) is 7.03. The molecule has 0 spiro atoms. The molecule has 0 bridgehead atoms. The summed E-state index contributed by atoms with van der Waals surface area (Å²) in [5.74, 6) is 2.38. The molecule has 6 nitrogen and oxygen atoms in total. The second kappa shape index (κ2) is 6.48. The van der Waals surface area contributed by atoms with Crippen molar-refractivity contribution in [1.82, 2.24) is 4.98 Å². The van der Waals surface area contributed by atoms with Gasteiger partial charge in [0.15, 0.2) is 0 Å². The van der Waals surface area contributed by atoms with Gasteiger partial charge in [-0.25, -0.2) is 4.79 Å². The van der Waals surface area contributed by atoms with Crippen molar-refractivity contribution < 1.29 is 23.4 Å². The third-order valence-electron chi connectivity index (χ3n) is 2.59. The first-order chi connectivity index (χ1) is 10.2. The Hall–Kier alpha value is -2.94. The van der Waals surface area contributed by atoms with Gasteiger partial charge in [0.1, 0.15) is 12.4 Å². The van der Waals surface area contributed by atoms with Gasteiger partial charge in [-0.1, -0.05) is 18.1 Å². The monoisotopic (exact) mass is 287 g/mol. The average molecular weight is 287 g/mol. The van der Waals surface area contributed by atoms with E-state index in [0.717, 1.165) is 0 Å². The fourth-order valence-corrected chi connectivity index (χ4v) is 1.67. The fourth-order valence-electron chi connectivity index (χ4n) is 1.67. The third kappa shape index (κ3) is 2.98. The Balaban J connectivity index is 2.45. The zero-order valence-electron chi connectivity index (χ0n) is 11.6. The highest BCUT2D eigenvalue weighted by Crippen LogP contribution is 2.33. The second-order valence-corrected chi connectivity index (χ2v) is 3.84. The van der Waals surface area contributed by atoms with E-state index >= 15 is 0 Å². The summed E-state index contributed by atoms with van der Waals surface area (Å²) in [6.45, 7) is 0.110. The molecule has 0 aliphatic rings. The molecule has 0 unspecified atom stereocenters. The zero-order chi connectivity index (χ0) is 15.2. The van der Waals surface area contributed by atoms with Crippen molar-refractivity contribution in [3.05, 3.63) is 30.0 Å². The number of benzene rings is 1. The van der Waals surface area contributed by atoms with Gasteiger partial charge in [-0.15, -0.1) is 6.42 Å². The Kier molecular flexibility index (Phi) is 4.46. The minimum absolute atomic E-state index is 0.0244. The van der Waals surface area contributed by atoms with Crippen LogP contribution in [0.15, 0.2) is 28.7 Å². The molecule has 0 fully saturated rings. The van der Waals surface area contributed by atoms with E-state index < -0.39 is 5.97 Å². The molecule has 1 heterocycles. The Labute approximate surface area is 121 Å². The van der Waals surface area contributed by atoms with E-state index in [4.69, 9.17) is 20.3 Å². The van der Waals surface area contributed by atoms with Crippen LogP contribution in [0, 0.1) is 12.3 Å². The number of rotatable bonds is 5. The van der Waals surface area contributed by atoms with Crippen LogP contribution < -0.4 is 9.47 Å². The first-order valence-corrected chi connectivity index (χ1v) is 6.00. The zero-order valence-corrected chi connectivity index (χ0v) is 11.6. The molecule has 108 valence electrons. The number of carbonyl (C=O) groups is 1. The van der Waals surface area contributed by atoms with Crippen LogP contribution in [0.1, 0.15) is 10.5 Å². The summed E-state index contributed by atoms with van der Waals surface area (Å²) in [4.78, 5) is 15.7. The number of terminal acetylenes is 1. The van der Waals surface area contributed by atoms with E-state index in [1.165, 1.54) is 14.2 Å². The Morgan fingerprint density at radius 1 is 1.38 bits per heavy atom. The van der Waals surface area contributed by atoms with E-state index in [1.54, 1.807) is 24.3 Å². The van der Waals surface area contributed by atoms with Crippen LogP contribution in [-0.4, -0.2) is 31.8 Å². The van der Waals surface area contributed by atoms with E-state index in [0.29, 0.717) is 11.3 Å². The molecule has 0 aliphatic heterocycles. The molecule has 0 radical (unpaired) electrons. The minimum atomic E-state index is -0.649. The predicted molar refractivity (Wildman–Crippen MR) is 74.2 cm³/mol. The maximum absolute atomic E-state index is 11.6. The third-order valence-corrected chi connectivity index (χ3v) is 2.59. The first-order valence-electron chi connectivity index (χ1n) is 6.00. The van der Waals surface area contributed by atoms with Gasteiger partial charge in [-0.2, -0.15) is 4.98 Å². The number of para-hydroxylation sites is 1. The molecule has 0 amide bonds. The number of methoxy groups -OCH3 is 2. The molecule has 0 atom stereocenters. The van der Waals surface area contributed by atoms with Gasteiger partial charge < -0.3 is 18.6 Å². The number of oxazole rings is 1. The van der Waals surface area contributed by atoms with Gasteiger partial charge in [0.25, 0.3) is 0 Å². The molecule has 1 aromatic carbocycles. The van der Waals surface area contributed by atoms with Crippen molar-refractivity contribution >= 4 is 5.97 Å². The molecular weight excluding hydrogens is 274 g/mol. The lowest BCUT2D eigenvalue weighted by atomic mass is 10.2. The van der Waals surface area contributed by atoms with Crippen LogP contribution in [0.25, 0.3) is 11.5 Å². The highest BCUT2D eigenvalue weighted by atomic mass is 16.6. The number of hydrogen-bond acceptors (Lipinski definition) is 6. The van der Waals surface area contributed by atoms with E-state index in [9.17, 15) is 4.79 Å². The van der Waals surface area contributed by atoms with Crippen LogP contribution in [-0.2, 0) is 4.74 Å². The van der Waals surface area contributed by atoms with Gasteiger partial charge in [-0.3, -0.25) is 0 Å². The van der Waals surface area contributed by atoms with Crippen LogP contribution >= 0.6 is 0 Å². The molecule has 21 heavy (non-hydrogen) atoms. The summed E-state index contributed by atoms with van der Waals surface area (Å²) in [7, 11) is 2.62. The Bertz CT molecular complexity index is 684. The smallest absolute Gasteiger partial charge is 0.364 e. The number of nitrogens with zero attached hydrogens (tertiary/aromatic N) is 1. The molecule has 2 rings (SSSR count). The van der Waals surface area contributed by atoms with Crippen molar-refractivity contribution in [1.29, 1.82) is 0 Å². The normalized spacial score (nSPS) is 9.76. The molecule has 0 N–H and O–H groups in total. The highest BCUT2D eigenvalue weighted by molar-refractivity contribution is 5.90. The molecule has 1 aromatic heterocycles. The molecule has 6 heteroatoms. The fraction of sp³-hybridized carbons (Fsp3) is 0.200. The van der Waals surface area contributed by atoms with Gasteiger partial charge in [0, 0.05) is 0 Å². The van der Waals surface area contributed by atoms with Crippen molar-refractivity contribution in [2.24, 2.45) is 0 Å². The van der Waals surface area contributed by atoms with Crippen LogP contribution in [0.3, 0.4) is 0 Å². The molecule has 0 aliphatic carbocycles. The maximum atomic E-state index is 11.6. The van der Waals surface area contributed by atoms with E-state index in [-0.39, 0.29) is 24.1 Å². The quantitative estimate of drug-likeness (QED) is 0.620. The second-order valence-electron chi connectivity index (χ2n) is 3.84. The molecule has 2 aromatic rings. The number of ether oxygens (including phenoxy) is 3. The summed E-state index contributed by atoms with van der Waals surface area (Å²) in [5.41, 5.74) is 0.517. The van der Waals surface area contributed by atoms with Crippen molar-refractivity contribution in [2.45, 2.75) is 0 Å². The van der Waals surface area contributed by atoms with E-state index in [2.05, 4.69) is 15.6 Å². The largest absolute Gasteiger partial charge is 0.480 e. The van der Waals surface area contributed by atoms with Gasteiger partial charge in [0.2, 0.25) is 11.6 Å². The average Bonchev–Trinajstić information content (AvgIpc) is 2.96. The lowest BCUT2D eigenvalue weighted by Crippen LogP contribution is -2.03. The summed E-state index contributed by atoms with van der Waals surface area (Å²) < 4.78 is 20.5. The standard InChI is InChI=1S/C15H13NO5/c1-4-9-20-11-8-6-5-7-10(11)13-16-12(14(17)18-2)15(19-3)21-13/h1,5-8H,9H2,2-3H3. The molecule has 0 saturated carbocycles. The number of esters is 1. The number of carbonyl (C=O) groups excluding carboxylic acids is 1. The number of aromatic nitrogens is 1. The SMILES string of the molecule is C#CCOc1ccccc1-c1nc(C(=O)OC)c(OC)o1. The Morgan fingerprint density at radius 3 is 2.81 bits per heavy atom. The predicted octanol–water partition coefficient (Wildman–Crippen LogP) is 2.15. The van der Waals surface area contributed by atoms with Gasteiger partial charge >= 0.3 is 11.9 Å².